The molecule has 0 aliphatic heterocycles. The van der Waals surface area contributed by atoms with Gasteiger partial charge in [-0.25, -0.2) is 9.97 Å². The molecule has 0 amide bonds. The normalized spacial score (nSPS) is 15.0. The monoisotopic (exact) mass is 254 g/mol. The molecule has 4 nitrogen and oxygen atoms in total. The molecule has 1 aromatic carbocycles. The quantitative estimate of drug-likeness (QED) is 0.880. The third-order valence-electron chi connectivity index (χ3n) is 3.67. The summed E-state index contributed by atoms with van der Waals surface area (Å²) in [6, 6.07) is 7.99. The lowest BCUT2D eigenvalue weighted by atomic mass is 9.81. The van der Waals surface area contributed by atoms with Gasteiger partial charge < -0.3 is 11.1 Å². The van der Waals surface area contributed by atoms with Crippen molar-refractivity contribution in [3.8, 4) is 0 Å². The molecule has 1 aliphatic carbocycles. The first-order valence-corrected chi connectivity index (χ1v) is 6.73. The van der Waals surface area contributed by atoms with Gasteiger partial charge in [-0.3, -0.25) is 0 Å². The lowest BCUT2D eigenvalue weighted by Crippen LogP contribution is -2.10. The number of hydrogen-bond acceptors (Lipinski definition) is 4. The molecule has 0 bridgehead atoms. The predicted molar refractivity (Wildman–Crippen MR) is 76.2 cm³/mol. The molecule has 1 saturated carbocycles. The minimum atomic E-state index is 0.539. The van der Waals surface area contributed by atoms with Crippen molar-refractivity contribution in [2.75, 3.05) is 5.32 Å². The van der Waals surface area contributed by atoms with E-state index >= 15 is 0 Å². The highest BCUT2D eigenvalue weighted by molar-refractivity contribution is 5.54. The minimum absolute atomic E-state index is 0.539. The molecule has 3 rings (SSSR count). The van der Waals surface area contributed by atoms with E-state index in [2.05, 4.69) is 15.3 Å². The molecule has 1 aliphatic rings. The number of nitrogens with zero attached hydrogens (tertiary/aromatic N) is 2. The van der Waals surface area contributed by atoms with Crippen molar-refractivity contribution in [2.45, 2.75) is 31.7 Å². The van der Waals surface area contributed by atoms with Crippen molar-refractivity contribution >= 4 is 11.6 Å². The van der Waals surface area contributed by atoms with Crippen molar-refractivity contribution in [2.24, 2.45) is 5.73 Å². The number of nitrogens with two attached hydrogens (primary N) is 1. The maximum absolute atomic E-state index is 5.63. The summed E-state index contributed by atoms with van der Waals surface area (Å²) in [4.78, 5) is 8.76. The van der Waals surface area contributed by atoms with Gasteiger partial charge in [0.2, 0.25) is 5.95 Å². The van der Waals surface area contributed by atoms with E-state index in [9.17, 15) is 0 Å². The zero-order valence-corrected chi connectivity index (χ0v) is 10.8. The van der Waals surface area contributed by atoms with Crippen LogP contribution in [0.15, 0.2) is 36.7 Å². The lowest BCUT2D eigenvalue weighted by Gasteiger charge is -2.24. The molecule has 0 saturated heterocycles. The Morgan fingerprint density at radius 1 is 1.21 bits per heavy atom. The van der Waals surface area contributed by atoms with Crippen molar-refractivity contribution in [1.29, 1.82) is 0 Å². The molecule has 3 N–H and O–H groups in total. The second-order valence-corrected chi connectivity index (χ2v) is 5.00. The highest BCUT2D eigenvalue weighted by Gasteiger charge is 2.19. The minimum Gasteiger partial charge on any atom is -0.326 e. The number of rotatable bonds is 4. The molecule has 98 valence electrons. The van der Waals surface area contributed by atoms with E-state index in [4.69, 9.17) is 5.73 Å². The van der Waals surface area contributed by atoms with Crippen LogP contribution in [0.5, 0.6) is 0 Å². The number of hydrogen-bond donors (Lipinski definition) is 2. The summed E-state index contributed by atoms with van der Waals surface area (Å²) in [6.07, 6.45) is 7.75. The summed E-state index contributed by atoms with van der Waals surface area (Å²) < 4.78 is 0. The molecular weight excluding hydrogens is 236 g/mol. The second kappa shape index (κ2) is 5.36. The summed E-state index contributed by atoms with van der Waals surface area (Å²) in [7, 11) is 0. The van der Waals surface area contributed by atoms with Gasteiger partial charge in [-0.15, -0.1) is 0 Å². The van der Waals surface area contributed by atoms with Crippen LogP contribution in [-0.2, 0) is 6.54 Å². The van der Waals surface area contributed by atoms with Gasteiger partial charge in [-0.05, 0) is 42.0 Å². The Kier molecular flexibility index (Phi) is 3.42. The fourth-order valence-electron chi connectivity index (χ4n) is 2.26. The van der Waals surface area contributed by atoms with Gasteiger partial charge in [-0.2, -0.15) is 0 Å². The Hall–Kier alpha value is -1.94. The Morgan fingerprint density at radius 3 is 2.63 bits per heavy atom. The van der Waals surface area contributed by atoms with Crippen LogP contribution < -0.4 is 11.1 Å². The molecule has 1 heterocycles. The Balaban J connectivity index is 1.71. The third kappa shape index (κ3) is 2.74. The number of aromatic nitrogens is 2. The van der Waals surface area contributed by atoms with Crippen molar-refractivity contribution < 1.29 is 0 Å². The van der Waals surface area contributed by atoms with Crippen LogP contribution in [0, 0.1) is 0 Å². The van der Waals surface area contributed by atoms with E-state index in [0.717, 1.165) is 11.3 Å². The van der Waals surface area contributed by atoms with E-state index in [0.29, 0.717) is 18.4 Å². The Morgan fingerprint density at radius 2 is 2.00 bits per heavy atom. The van der Waals surface area contributed by atoms with Gasteiger partial charge in [0.25, 0.3) is 0 Å². The largest absolute Gasteiger partial charge is 0.326 e. The summed E-state index contributed by atoms with van der Waals surface area (Å²) in [6.45, 7) is 0.539. The van der Waals surface area contributed by atoms with Gasteiger partial charge in [0.05, 0.1) is 0 Å². The molecule has 1 aromatic heterocycles. The first-order chi connectivity index (χ1) is 9.35. The maximum Gasteiger partial charge on any atom is 0.227 e. The van der Waals surface area contributed by atoms with E-state index in [1.807, 2.05) is 36.7 Å². The predicted octanol–water partition coefficient (Wildman–Crippen LogP) is 2.95. The first kappa shape index (κ1) is 12.1. The fourth-order valence-corrected chi connectivity index (χ4v) is 2.26. The molecule has 2 aromatic rings. The fraction of sp³-hybridized carbons (Fsp3) is 0.333. The SMILES string of the molecule is NCc1cccc(Nc2ncc(C3CCC3)cn2)c1. The van der Waals surface area contributed by atoms with Crippen molar-refractivity contribution in [1.82, 2.24) is 9.97 Å². The third-order valence-corrected chi connectivity index (χ3v) is 3.67. The molecule has 0 unspecified atom stereocenters. The van der Waals surface area contributed by atoms with Crippen LogP contribution in [0.4, 0.5) is 11.6 Å². The molecule has 19 heavy (non-hydrogen) atoms. The van der Waals surface area contributed by atoms with Gasteiger partial charge in [0.15, 0.2) is 0 Å². The standard InChI is InChI=1S/C15H18N4/c16-8-11-3-1-6-14(7-11)19-15-17-9-13(10-18-15)12-4-2-5-12/h1,3,6-7,9-10,12H,2,4-5,8,16H2,(H,17,18,19). The second-order valence-electron chi connectivity index (χ2n) is 5.00. The molecule has 0 atom stereocenters. The van der Waals surface area contributed by atoms with E-state index in [1.54, 1.807) is 0 Å². The van der Waals surface area contributed by atoms with Crippen LogP contribution in [0.2, 0.25) is 0 Å². The van der Waals surface area contributed by atoms with Crippen LogP contribution >= 0.6 is 0 Å². The van der Waals surface area contributed by atoms with Crippen LogP contribution in [-0.4, -0.2) is 9.97 Å². The van der Waals surface area contributed by atoms with Gasteiger partial charge in [0.1, 0.15) is 0 Å². The number of benzene rings is 1. The van der Waals surface area contributed by atoms with Gasteiger partial charge >= 0.3 is 0 Å². The van der Waals surface area contributed by atoms with Crippen molar-refractivity contribution in [3.63, 3.8) is 0 Å². The first-order valence-electron chi connectivity index (χ1n) is 6.73. The average Bonchev–Trinajstić information content (AvgIpc) is 2.39. The van der Waals surface area contributed by atoms with Crippen LogP contribution in [0.25, 0.3) is 0 Å². The maximum atomic E-state index is 5.63. The van der Waals surface area contributed by atoms with E-state index in [-0.39, 0.29) is 0 Å². The lowest BCUT2D eigenvalue weighted by molar-refractivity contribution is 0.418. The summed E-state index contributed by atoms with van der Waals surface area (Å²) in [5.74, 6) is 1.31. The summed E-state index contributed by atoms with van der Waals surface area (Å²) in [5.41, 5.74) is 8.95. The molecule has 4 heteroatoms. The smallest absolute Gasteiger partial charge is 0.227 e. The molecule has 0 radical (unpaired) electrons. The van der Waals surface area contributed by atoms with Gasteiger partial charge in [0, 0.05) is 24.6 Å². The summed E-state index contributed by atoms with van der Waals surface area (Å²) in [5, 5.41) is 3.20. The molecule has 0 spiro atoms. The number of anilines is 2. The highest BCUT2D eigenvalue weighted by Crippen LogP contribution is 2.35. The van der Waals surface area contributed by atoms with E-state index < -0.39 is 0 Å². The topological polar surface area (TPSA) is 63.8 Å². The Labute approximate surface area is 113 Å². The highest BCUT2D eigenvalue weighted by atomic mass is 15.1. The van der Waals surface area contributed by atoms with Gasteiger partial charge in [-0.1, -0.05) is 18.6 Å². The summed E-state index contributed by atoms with van der Waals surface area (Å²) >= 11 is 0. The van der Waals surface area contributed by atoms with Crippen molar-refractivity contribution in [3.05, 3.63) is 47.8 Å². The van der Waals surface area contributed by atoms with Crippen LogP contribution in [0.1, 0.15) is 36.3 Å². The Bertz CT molecular complexity index is 546. The van der Waals surface area contributed by atoms with Crippen LogP contribution in [0.3, 0.4) is 0 Å². The zero-order chi connectivity index (χ0) is 13.1. The average molecular weight is 254 g/mol. The molecular formula is C15H18N4. The zero-order valence-electron chi connectivity index (χ0n) is 10.8. The van der Waals surface area contributed by atoms with E-state index in [1.165, 1.54) is 24.8 Å². The number of nitrogens with one attached hydrogen (secondary N) is 1. The molecule has 1 fully saturated rings.